The van der Waals surface area contributed by atoms with E-state index in [1.807, 2.05) is 42.5 Å². The topological polar surface area (TPSA) is 67.9 Å². The molecule has 6 nitrogen and oxygen atoms in total. The molecule has 1 unspecified atom stereocenters. The fourth-order valence-electron chi connectivity index (χ4n) is 2.98. The Hall–Kier alpha value is -2.86. The molecule has 2 amide bonds. The van der Waals surface area contributed by atoms with Crippen LogP contribution in [0.4, 0.5) is 5.69 Å². The van der Waals surface area contributed by atoms with Crippen molar-refractivity contribution in [3.05, 3.63) is 60.2 Å². The molecule has 1 fully saturated rings. The van der Waals surface area contributed by atoms with E-state index in [1.165, 1.54) is 5.56 Å². The molecule has 1 heterocycles. The quantitative estimate of drug-likeness (QED) is 0.800. The van der Waals surface area contributed by atoms with Crippen molar-refractivity contribution in [3.8, 4) is 5.75 Å². The van der Waals surface area contributed by atoms with Crippen LogP contribution >= 0.6 is 0 Å². The Morgan fingerprint density at radius 3 is 2.57 bits per heavy atom. The molecule has 2 aromatic carbocycles. The maximum absolute atomic E-state index is 12.3. The van der Waals surface area contributed by atoms with Crippen molar-refractivity contribution in [1.82, 2.24) is 5.32 Å². The number of hydrogen-bond acceptors (Lipinski definition) is 4. The summed E-state index contributed by atoms with van der Waals surface area (Å²) < 4.78 is 11.0. The number of para-hydroxylation sites is 1. The molecule has 0 aliphatic carbocycles. The van der Waals surface area contributed by atoms with Crippen molar-refractivity contribution in [2.75, 3.05) is 31.2 Å². The third-order valence-electron chi connectivity index (χ3n) is 4.64. The maximum atomic E-state index is 12.3. The predicted molar refractivity (Wildman–Crippen MR) is 108 cm³/mol. The van der Waals surface area contributed by atoms with E-state index in [0.29, 0.717) is 24.8 Å². The first kappa shape index (κ1) is 19.9. The number of amides is 2. The standard InChI is InChI=1S/C22H26N2O4/c1-16(2)17-8-10-18(11-9-17)24-13-20(28-15-22(24)26)12-23-21(25)14-27-19-6-4-3-5-7-19/h3-11,16,20H,12-15H2,1-2H3,(H,23,25). The largest absolute Gasteiger partial charge is 0.484 e. The van der Waals surface area contributed by atoms with Gasteiger partial charge in [0.15, 0.2) is 6.61 Å². The van der Waals surface area contributed by atoms with Gasteiger partial charge in [-0.15, -0.1) is 0 Å². The molecule has 0 radical (unpaired) electrons. The minimum atomic E-state index is -0.261. The Morgan fingerprint density at radius 2 is 1.89 bits per heavy atom. The Labute approximate surface area is 165 Å². The van der Waals surface area contributed by atoms with Gasteiger partial charge in [0.1, 0.15) is 12.4 Å². The molecular weight excluding hydrogens is 356 g/mol. The van der Waals surface area contributed by atoms with Crippen LogP contribution in [0.25, 0.3) is 0 Å². The SMILES string of the molecule is CC(C)c1ccc(N2CC(CNC(=O)COc3ccccc3)OCC2=O)cc1. The number of rotatable bonds is 7. The second kappa shape index (κ2) is 9.37. The molecule has 148 valence electrons. The number of nitrogens with zero attached hydrogens (tertiary/aromatic N) is 1. The molecular formula is C22H26N2O4. The van der Waals surface area contributed by atoms with E-state index >= 15 is 0 Å². The second-order valence-corrected chi connectivity index (χ2v) is 7.09. The van der Waals surface area contributed by atoms with Gasteiger partial charge in [0.2, 0.25) is 0 Å². The lowest BCUT2D eigenvalue weighted by atomic mass is 10.0. The molecule has 1 atom stereocenters. The van der Waals surface area contributed by atoms with E-state index in [1.54, 1.807) is 17.0 Å². The van der Waals surface area contributed by atoms with E-state index in [0.717, 1.165) is 5.69 Å². The molecule has 0 bridgehead atoms. The monoisotopic (exact) mass is 382 g/mol. The summed E-state index contributed by atoms with van der Waals surface area (Å²) in [6.07, 6.45) is -0.261. The number of carbonyl (C=O) groups is 2. The van der Waals surface area contributed by atoms with Gasteiger partial charge in [-0.1, -0.05) is 44.2 Å². The van der Waals surface area contributed by atoms with E-state index in [9.17, 15) is 9.59 Å². The molecule has 2 aromatic rings. The van der Waals surface area contributed by atoms with Crippen molar-refractivity contribution in [2.24, 2.45) is 0 Å². The molecule has 1 N–H and O–H groups in total. The highest BCUT2D eigenvalue weighted by Gasteiger charge is 2.27. The predicted octanol–water partition coefficient (Wildman–Crippen LogP) is 2.74. The normalized spacial score (nSPS) is 16.9. The molecule has 3 rings (SSSR count). The molecule has 1 aliphatic rings. The van der Waals surface area contributed by atoms with Gasteiger partial charge in [0.25, 0.3) is 11.8 Å². The Kier molecular flexibility index (Phi) is 6.66. The summed E-state index contributed by atoms with van der Waals surface area (Å²) in [6, 6.07) is 17.2. The summed E-state index contributed by atoms with van der Waals surface area (Å²) in [7, 11) is 0. The van der Waals surface area contributed by atoms with Gasteiger partial charge in [0.05, 0.1) is 12.6 Å². The summed E-state index contributed by atoms with van der Waals surface area (Å²) >= 11 is 0. The minimum Gasteiger partial charge on any atom is -0.484 e. The number of nitrogens with one attached hydrogen (secondary N) is 1. The zero-order chi connectivity index (χ0) is 19.9. The maximum Gasteiger partial charge on any atom is 0.258 e. The van der Waals surface area contributed by atoms with E-state index in [4.69, 9.17) is 9.47 Å². The Balaban J connectivity index is 1.50. The first-order chi connectivity index (χ1) is 13.5. The van der Waals surface area contributed by atoms with Crippen LogP contribution < -0.4 is 15.0 Å². The van der Waals surface area contributed by atoms with Gasteiger partial charge in [0, 0.05) is 12.2 Å². The number of benzene rings is 2. The number of carbonyl (C=O) groups excluding carboxylic acids is 2. The molecule has 0 saturated carbocycles. The van der Waals surface area contributed by atoms with E-state index in [-0.39, 0.29) is 31.1 Å². The van der Waals surface area contributed by atoms with Crippen molar-refractivity contribution in [1.29, 1.82) is 0 Å². The highest BCUT2D eigenvalue weighted by Crippen LogP contribution is 2.22. The van der Waals surface area contributed by atoms with Crippen LogP contribution in [-0.4, -0.2) is 44.2 Å². The molecule has 28 heavy (non-hydrogen) atoms. The molecule has 1 aliphatic heterocycles. The summed E-state index contributed by atoms with van der Waals surface area (Å²) in [5, 5.41) is 2.81. The van der Waals surface area contributed by atoms with Crippen LogP contribution in [0.3, 0.4) is 0 Å². The number of ether oxygens (including phenoxy) is 2. The zero-order valence-corrected chi connectivity index (χ0v) is 16.3. The van der Waals surface area contributed by atoms with Gasteiger partial charge in [-0.25, -0.2) is 0 Å². The van der Waals surface area contributed by atoms with E-state index < -0.39 is 0 Å². The van der Waals surface area contributed by atoms with Gasteiger partial charge >= 0.3 is 0 Å². The van der Waals surface area contributed by atoms with Crippen LogP contribution in [-0.2, 0) is 14.3 Å². The van der Waals surface area contributed by atoms with Crippen molar-refractivity contribution < 1.29 is 19.1 Å². The molecule has 1 saturated heterocycles. The van der Waals surface area contributed by atoms with Gasteiger partial charge in [-0.3, -0.25) is 9.59 Å². The lowest BCUT2D eigenvalue weighted by molar-refractivity contribution is -0.130. The molecule has 0 spiro atoms. The summed E-state index contributed by atoms with van der Waals surface area (Å²) in [6.45, 7) is 4.94. The lowest BCUT2D eigenvalue weighted by Crippen LogP contribution is -2.51. The zero-order valence-electron chi connectivity index (χ0n) is 16.3. The highest BCUT2D eigenvalue weighted by molar-refractivity contribution is 5.95. The first-order valence-corrected chi connectivity index (χ1v) is 9.49. The third-order valence-corrected chi connectivity index (χ3v) is 4.64. The highest BCUT2D eigenvalue weighted by atomic mass is 16.5. The molecule has 6 heteroatoms. The fourth-order valence-corrected chi connectivity index (χ4v) is 2.98. The van der Waals surface area contributed by atoms with Gasteiger partial charge in [-0.05, 0) is 35.7 Å². The van der Waals surface area contributed by atoms with Crippen molar-refractivity contribution in [2.45, 2.75) is 25.9 Å². The van der Waals surface area contributed by atoms with Crippen LogP contribution in [0, 0.1) is 0 Å². The number of morpholine rings is 1. The average Bonchev–Trinajstić information content (AvgIpc) is 2.72. The Morgan fingerprint density at radius 1 is 1.18 bits per heavy atom. The van der Waals surface area contributed by atoms with Crippen LogP contribution in [0.1, 0.15) is 25.3 Å². The Bertz CT molecular complexity index is 790. The van der Waals surface area contributed by atoms with Crippen molar-refractivity contribution >= 4 is 17.5 Å². The molecule has 0 aromatic heterocycles. The van der Waals surface area contributed by atoms with E-state index in [2.05, 4.69) is 19.2 Å². The van der Waals surface area contributed by atoms with Crippen LogP contribution in [0.5, 0.6) is 5.75 Å². The smallest absolute Gasteiger partial charge is 0.258 e. The summed E-state index contributed by atoms with van der Waals surface area (Å²) in [5.41, 5.74) is 2.08. The van der Waals surface area contributed by atoms with Gasteiger partial charge in [-0.2, -0.15) is 0 Å². The lowest BCUT2D eigenvalue weighted by Gasteiger charge is -2.33. The van der Waals surface area contributed by atoms with Crippen LogP contribution in [0.15, 0.2) is 54.6 Å². The number of hydrogen-bond donors (Lipinski definition) is 1. The van der Waals surface area contributed by atoms with Crippen molar-refractivity contribution in [3.63, 3.8) is 0 Å². The number of anilines is 1. The summed E-state index contributed by atoms with van der Waals surface area (Å²) in [4.78, 5) is 26.0. The summed E-state index contributed by atoms with van der Waals surface area (Å²) in [5.74, 6) is 0.785. The first-order valence-electron chi connectivity index (χ1n) is 9.49. The average molecular weight is 382 g/mol. The minimum absolute atomic E-state index is 0.00693. The fraction of sp³-hybridized carbons (Fsp3) is 0.364. The third kappa shape index (κ3) is 5.33. The van der Waals surface area contributed by atoms with Gasteiger partial charge < -0.3 is 19.7 Å². The van der Waals surface area contributed by atoms with Crippen LogP contribution in [0.2, 0.25) is 0 Å². The second-order valence-electron chi connectivity index (χ2n) is 7.09.